The van der Waals surface area contributed by atoms with Crippen LogP contribution in [0.2, 0.25) is 0 Å². The van der Waals surface area contributed by atoms with Crippen LogP contribution < -0.4 is 11.1 Å². The number of benzene rings is 1. The molecule has 1 aromatic carbocycles. The van der Waals surface area contributed by atoms with Crippen LogP contribution in [0.3, 0.4) is 0 Å². The topological polar surface area (TPSA) is 117 Å². The third kappa shape index (κ3) is 2.72. The molecule has 1 aromatic heterocycles. The lowest BCUT2D eigenvalue weighted by Crippen LogP contribution is -2.37. The number of rotatable bonds is 4. The summed E-state index contributed by atoms with van der Waals surface area (Å²) in [6.07, 6.45) is -1.39. The maximum absolute atomic E-state index is 11.9. The lowest BCUT2D eigenvalue weighted by Gasteiger charge is -2.08. The SMILES string of the molecule is COC(=O)C(O)CNC(=O)c1cc2cccc(N)c2[nH]1. The summed E-state index contributed by atoms with van der Waals surface area (Å²) in [4.78, 5) is 25.8. The number of hydrogen-bond acceptors (Lipinski definition) is 5. The quantitative estimate of drug-likeness (QED) is 0.464. The molecule has 2 aromatic rings. The molecule has 0 aliphatic rings. The second-order valence-corrected chi connectivity index (χ2v) is 4.24. The van der Waals surface area contributed by atoms with E-state index in [1.807, 2.05) is 6.07 Å². The number of aliphatic hydroxyl groups excluding tert-OH is 1. The van der Waals surface area contributed by atoms with Gasteiger partial charge in [-0.15, -0.1) is 0 Å². The van der Waals surface area contributed by atoms with Crippen molar-refractivity contribution in [1.82, 2.24) is 10.3 Å². The van der Waals surface area contributed by atoms with Crippen molar-refractivity contribution in [2.24, 2.45) is 0 Å². The molecule has 1 heterocycles. The van der Waals surface area contributed by atoms with Crippen molar-refractivity contribution in [3.05, 3.63) is 30.0 Å². The van der Waals surface area contributed by atoms with Gasteiger partial charge in [0.1, 0.15) is 5.69 Å². The van der Waals surface area contributed by atoms with Crippen LogP contribution >= 0.6 is 0 Å². The summed E-state index contributed by atoms with van der Waals surface area (Å²) < 4.78 is 4.35. The van der Waals surface area contributed by atoms with Crippen molar-refractivity contribution in [3.8, 4) is 0 Å². The van der Waals surface area contributed by atoms with Gasteiger partial charge in [0.05, 0.1) is 24.9 Å². The molecule has 0 spiro atoms. The number of esters is 1. The Hall–Kier alpha value is -2.54. The molecule has 0 radical (unpaired) electrons. The Labute approximate surface area is 114 Å². The number of carbonyl (C=O) groups excluding carboxylic acids is 2. The minimum Gasteiger partial charge on any atom is -0.467 e. The van der Waals surface area contributed by atoms with Gasteiger partial charge >= 0.3 is 5.97 Å². The summed E-state index contributed by atoms with van der Waals surface area (Å²) in [7, 11) is 1.16. The molecule has 0 saturated carbocycles. The van der Waals surface area contributed by atoms with Crippen LogP contribution in [0, 0.1) is 0 Å². The molecular formula is C13H15N3O4. The average Bonchev–Trinajstić information content (AvgIpc) is 2.89. The average molecular weight is 277 g/mol. The fourth-order valence-electron chi connectivity index (χ4n) is 1.81. The van der Waals surface area contributed by atoms with Gasteiger partial charge in [-0.1, -0.05) is 12.1 Å². The maximum atomic E-state index is 11.9. The van der Waals surface area contributed by atoms with E-state index in [1.165, 1.54) is 0 Å². The molecular weight excluding hydrogens is 262 g/mol. The van der Waals surface area contributed by atoms with E-state index in [1.54, 1.807) is 18.2 Å². The van der Waals surface area contributed by atoms with Crippen molar-refractivity contribution >= 4 is 28.5 Å². The van der Waals surface area contributed by atoms with Crippen molar-refractivity contribution in [1.29, 1.82) is 0 Å². The number of carbonyl (C=O) groups is 2. The van der Waals surface area contributed by atoms with E-state index >= 15 is 0 Å². The molecule has 0 bridgehead atoms. The van der Waals surface area contributed by atoms with Gasteiger partial charge in [-0.05, 0) is 12.1 Å². The zero-order valence-electron chi connectivity index (χ0n) is 10.8. The molecule has 2 rings (SSSR count). The lowest BCUT2D eigenvalue weighted by molar-refractivity contribution is -0.149. The monoisotopic (exact) mass is 277 g/mol. The van der Waals surface area contributed by atoms with Gasteiger partial charge in [-0.3, -0.25) is 4.79 Å². The van der Waals surface area contributed by atoms with Crippen LogP contribution in [0.5, 0.6) is 0 Å². The van der Waals surface area contributed by atoms with Crippen LogP contribution in [0.25, 0.3) is 10.9 Å². The van der Waals surface area contributed by atoms with E-state index in [0.717, 1.165) is 12.5 Å². The fraction of sp³-hybridized carbons (Fsp3) is 0.231. The van der Waals surface area contributed by atoms with Gasteiger partial charge in [0, 0.05) is 5.39 Å². The Kier molecular flexibility index (Phi) is 3.90. The number of ether oxygens (including phenoxy) is 1. The Balaban J connectivity index is 2.08. The number of aromatic nitrogens is 1. The van der Waals surface area contributed by atoms with Gasteiger partial charge in [0.2, 0.25) is 0 Å². The zero-order valence-corrected chi connectivity index (χ0v) is 10.8. The normalized spacial score (nSPS) is 12.1. The van der Waals surface area contributed by atoms with E-state index in [9.17, 15) is 14.7 Å². The third-order valence-electron chi connectivity index (χ3n) is 2.86. The first-order chi connectivity index (χ1) is 9.52. The highest BCUT2D eigenvalue weighted by Gasteiger charge is 2.17. The molecule has 1 unspecified atom stereocenters. The van der Waals surface area contributed by atoms with E-state index < -0.39 is 18.0 Å². The molecule has 0 aliphatic heterocycles. The number of H-pyrrole nitrogens is 1. The number of aliphatic hydroxyl groups is 1. The van der Waals surface area contributed by atoms with Gasteiger partial charge in [0.15, 0.2) is 6.10 Å². The molecule has 0 aliphatic carbocycles. The Bertz CT molecular complexity index is 650. The summed E-state index contributed by atoms with van der Waals surface area (Å²) in [6.45, 7) is -0.226. The zero-order chi connectivity index (χ0) is 14.7. The summed E-state index contributed by atoms with van der Waals surface area (Å²) >= 11 is 0. The summed E-state index contributed by atoms with van der Waals surface area (Å²) in [5, 5.41) is 12.6. The Morgan fingerprint density at radius 3 is 2.90 bits per heavy atom. The molecule has 0 saturated heterocycles. The number of para-hydroxylation sites is 1. The molecule has 0 fully saturated rings. The molecule has 20 heavy (non-hydrogen) atoms. The van der Waals surface area contributed by atoms with Crippen molar-refractivity contribution in [3.63, 3.8) is 0 Å². The highest BCUT2D eigenvalue weighted by molar-refractivity contribution is 6.00. The number of nitrogens with one attached hydrogen (secondary N) is 2. The number of nitrogen functional groups attached to an aromatic ring is 1. The maximum Gasteiger partial charge on any atom is 0.336 e. The van der Waals surface area contributed by atoms with Gasteiger partial charge in [0.25, 0.3) is 5.91 Å². The predicted octanol–water partition coefficient (Wildman–Crippen LogP) is 0.0138. The first-order valence-electron chi connectivity index (χ1n) is 5.94. The summed E-state index contributed by atoms with van der Waals surface area (Å²) in [5.74, 6) is -1.24. The van der Waals surface area contributed by atoms with Crippen molar-refractivity contribution in [2.75, 3.05) is 19.4 Å². The predicted molar refractivity (Wildman–Crippen MR) is 73.1 cm³/mol. The summed E-state index contributed by atoms with van der Waals surface area (Å²) in [6, 6.07) is 6.98. The Morgan fingerprint density at radius 1 is 1.50 bits per heavy atom. The number of amides is 1. The number of methoxy groups -OCH3 is 1. The van der Waals surface area contributed by atoms with E-state index in [4.69, 9.17) is 5.73 Å². The van der Waals surface area contributed by atoms with E-state index in [0.29, 0.717) is 16.9 Å². The van der Waals surface area contributed by atoms with Crippen LogP contribution in [0.4, 0.5) is 5.69 Å². The second-order valence-electron chi connectivity index (χ2n) is 4.24. The molecule has 1 amide bonds. The van der Waals surface area contributed by atoms with Crippen molar-refractivity contribution < 1.29 is 19.4 Å². The van der Waals surface area contributed by atoms with Gasteiger partial charge < -0.3 is 25.9 Å². The number of nitrogens with two attached hydrogens (primary N) is 1. The van der Waals surface area contributed by atoms with Crippen molar-refractivity contribution in [2.45, 2.75) is 6.10 Å². The second kappa shape index (κ2) is 5.62. The third-order valence-corrected chi connectivity index (χ3v) is 2.86. The summed E-state index contributed by atoms with van der Waals surface area (Å²) in [5.41, 5.74) is 7.30. The molecule has 5 N–H and O–H groups in total. The Morgan fingerprint density at radius 2 is 2.25 bits per heavy atom. The smallest absolute Gasteiger partial charge is 0.336 e. The van der Waals surface area contributed by atoms with Crippen LogP contribution in [-0.2, 0) is 9.53 Å². The standard InChI is InChI=1S/C13H15N3O4/c1-20-13(19)10(17)6-15-12(18)9-5-7-3-2-4-8(14)11(7)16-9/h2-5,10,16-17H,6,14H2,1H3,(H,15,18). The molecule has 7 heteroatoms. The molecule has 106 valence electrons. The highest BCUT2D eigenvalue weighted by atomic mass is 16.5. The van der Waals surface area contributed by atoms with Crippen LogP contribution in [-0.4, -0.2) is 41.7 Å². The van der Waals surface area contributed by atoms with Gasteiger partial charge in [-0.2, -0.15) is 0 Å². The van der Waals surface area contributed by atoms with E-state index in [-0.39, 0.29) is 6.54 Å². The molecule has 7 nitrogen and oxygen atoms in total. The minimum atomic E-state index is -1.39. The number of aromatic amines is 1. The highest BCUT2D eigenvalue weighted by Crippen LogP contribution is 2.20. The molecule has 1 atom stereocenters. The minimum absolute atomic E-state index is 0.226. The number of hydrogen-bond donors (Lipinski definition) is 4. The first-order valence-corrected chi connectivity index (χ1v) is 5.94. The number of fused-ring (bicyclic) bond motifs is 1. The van der Waals surface area contributed by atoms with Crippen LogP contribution in [0.1, 0.15) is 10.5 Å². The van der Waals surface area contributed by atoms with Gasteiger partial charge in [-0.25, -0.2) is 4.79 Å². The largest absolute Gasteiger partial charge is 0.467 e. The van der Waals surface area contributed by atoms with E-state index in [2.05, 4.69) is 15.0 Å². The first kappa shape index (κ1) is 13.9. The number of anilines is 1. The fourth-order valence-corrected chi connectivity index (χ4v) is 1.81. The van der Waals surface area contributed by atoms with Crippen LogP contribution in [0.15, 0.2) is 24.3 Å². The lowest BCUT2D eigenvalue weighted by atomic mass is 10.2.